The second kappa shape index (κ2) is 4.37. The predicted molar refractivity (Wildman–Crippen MR) is 65.3 cm³/mol. The number of hydrogen-bond acceptors (Lipinski definition) is 3. The molecular formula is C12H16N2OS. The van der Waals surface area contributed by atoms with Crippen LogP contribution in [0, 0.1) is 12.8 Å². The molecule has 16 heavy (non-hydrogen) atoms. The Balaban J connectivity index is 2.13. The Morgan fingerprint density at radius 1 is 1.75 bits per heavy atom. The van der Waals surface area contributed by atoms with E-state index in [2.05, 4.69) is 11.6 Å². The molecule has 1 amide bonds. The van der Waals surface area contributed by atoms with E-state index in [0.717, 1.165) is 17.2 Å². The summed E-state index contributed by atoms with van der Waals surface area (Å²) < 4.78 is 0. The average molecular weight is 236 g/mol. The van der Waals surface area contributed by atoms with Crippen LogP contribution in [-0.2, 0) is 4.79 Å². The maximum Gasteiger partial charge on any atom is 0.223 e. The first-order valence-electron chi connectivity index (χ1n) is 5.46. The molecule has 2 unspecified atom stereocenters. The van der Waals surface area contributed by atoms with Gasteiger partial charge in [-0.1, -0.05) is 6.08 Å². The maximum absolute atomic E-state index is 11.8. The second-order valence-electron chi connectivity index (χ2n) is 4.21. The number of nitrogens with zero attached hydrogens (tertiary/aromatic N) is 2. The highest BCUT2D eigenvalue weighted by Crippen LogP contribution is 2.29. The van der Waals surface area contributed by atoms with Gasteiger partial charge < -0.3 is 4.90 Å². The molecule has 0 aromatic carbocycles. The van der Waals surface area contributed by atoms with Gasteiger partial charge in [-0.15, -0.1) is 17.9 Å². The fraction of sp³-hybridized carbons (Fsp3) is 0.500. The summed E-state index contributed by atoms with van der Waals surface area (Å²) >= 11 is 1.63. The third-order valence-electron chi connectivity index (χ3n) is 3.05. The fourth-order valence-electron chi connectivity index (χ4n) is 2.02. The summed E-state index contributed by atoms with van der Waals surface area (Å²) in [6.07, 6.45) is 2.47. The van der Waals surface area contributed by atoms with Crippen molar-refractivity contribution in [2.45, 2.75) is 26.3 Å². The van der Waals surface area contributed by atoms with Gasteiger partial charge in [-0.3, -0.25) is 4.79 Å². The SMILES string of the molecule is C=CC1CC(=O)N(C(C)c2csc(C)n2)C1. The zero-order valence-corrected chi connectivity index (χ0v) is 10.5. The number of hydrogen-bond donors (Lipinski definition) is 0. The fourth-order valence-corrected chi connectivity index (χ4v) is 2.72. The molecule has 0 saturated carbocycles. The standard InChI is InChI=1S/C12H16N2OS/c1-4-10-5-12(15)14(6-10)8(2)11-7-16-9(3)13-11/h4,7-8,10H,1,5-6H2,2-3H3. The first kappa shape index (κ1) is 11.3. The van der Waals surface area contributed by atoms with Crippen LogP contribution in [0.5, 0.6) is 0 Å². The maximum atomic E-state index is 11.8. The van der Waals surface area contributed by atoms with Gasteiger partial charge in [0, 0.05) is 24.3 Å². The molecule has 3 nitrogen and oxygen atoms in total. The van der Waals surface area contributed by atoms with Crippen LogP contribution in [0.2, 0.25) is 0 Å². The molecule has 2 atom stereocenters. The Bertz CT molecular complexity index is 413. The van der Waals surface area contributed by atoms with Crippen molar-refractivity contribution >= 4 is 17.2 Å². The number of rotatable bonds is 3. The lowest BCUT2D eigenvalue weighted by Crippen LogP contribution is -2.28. The molecule has 1 fully saturated rings. The number of thiazole rings is 1. The molecule has 0 spiro atoms. The highest BCUT2D eigenvalue weighted by atomic mass is 32.1. The minimum Gasteiger partial charge on any atom is -0.334 e. The minimum atomic E-state index is 0.0856. The van der Waals surface area contributed by atoms with Gasteiger partial charge in [0.05, 0.1) is 16.7 Å². The Labute approximate surface area is 99.8 Å². The van der Waals surface area contributed by atoms with Gasteiger partial charge in [-0.05, 0) is 13.8 Å². The van der Waals surface area contributed by atoms with E-state index in [4.69, 9.17) is 0 Å². The molecule has 1 aromatic rings. The van der Waals surface area contributed by atoms with E-state index >= 15 is 0 Å². The normalized spacial score (nSPS) is 22.5. The molecule has 0 N–H and O–H groups in total. The van der Waals surface area contributed by atoms with Gasteiger partial charge in [0.15, 0.2) is 0 Å². The van der Waals surface area contributed by atoms with Crippen molar-refractivity contribution in [3.8, 4) is 0 Å². The zero-order valence-electron chi connectivity index (χ0n) is 9.64. The van der Waals surface area contributed by atoms with Crippen molar-refractivity contribution in [2.75, 3.05) is 6.54 Å². The van der Waals surface area contributed by atoms with Crippen LogP contribution in [0.1, 0.15) is 30.1 Å². The summed E-state index contributed by atoms with van der Waals surface area (Å²) in [6.45, 7) is 8.56. The molecule has 1 aromatic heterocycles. The lowest BCUT2D eigenvalue weighted by atomic mass is 10.1. The van der Waals surface area contributed by atoms with Gasteiger partial charge in [0.25, 0.3) is 0 Å². The quantitative estimate of drug-likeness (QED) is 0.756. The Hall–Kier alpha value is -1.16. The van der Waals surface area contributed by atoms with E-state index in [1.165, 1.54) is 0 Å². The lowest BCUT2D eigenvalue weighted by Gasteiger charge is -2.23. The van der Waals surface area contributed by atoms with Crippen molar-refractivity contribution in [2.24, 2.45) is 5.92 Å². The molecule has 4 heteroatoms. The molecule has 1 saturated heterocycles. The molecule has 2 rings (SSSR count). The predicted octanol–water partition coefficient (Wildman–Crippen LogP) is 2.55. The van der Waals surface area contributed by atoms with Crippen LogP contribution in [0.25, 0.3) is 0 Å². The van der Waals surface area contributed by atoms with Crippen LogP contribution in [-0.4, -0.2) is 22.3 Å². The van der Waals surface area contributed by atoms with Gasteiger partial charge in [0.2, 0.25) is 5.91 Å². The van der Waals surface area contributed by atoms with E-state index in [-0.39, 0.29) is 11.9 Å². The third kappa shape index (κ3) is 2.02. The van der Waals surface area contributed by atoms with E-state index in [1.807, 2.05) is 30.2 Å². The van der Waals surface area contributed by atoms with E-state index in [1.54, 1.807) is 11.3 Å². The first-order chi connectivity index (χ1) is 7.61. The Kier molecular flexibility index (Phi) is 3.10. The number of likely N-dealkylation sites (tertiary alicyclic amines) is 1. The molecule has 2 heterocycles. The van der Waals surface area contributed by atoms with Crippen molar-refractivity contribution in [3.05, 3.63) is 28.7 Å². The molecule has 1 aliphatic heterocycles. The zero-order chi connectivity index (χ0) is 11.7. The molecule has 0 bridgehead atoms. The van der Waals surface area contributed by atoms with E-state index < -0.39 is 0 Å². The number of aromatic nitrogens is 1. The topological polar surface area (TPSA) is 33.2 Å². The van der Waals surface area contributed by atoms with Crippen LogP contribution < -0.4 is 0 Å². The number of carbonyl (C=O) groups excluding carboxylic acids is 1. The summed E-state index contributed by atoms with van der Waals surface area (Å²) in [5, 5.41) is 3.09. The molecule has 0 aliphatic carbocycles. The first-order valence-corrected chi connectivity index (χ1v) is 6.34. The average Bonchev–Trinajstić information content (AvgIpc) is 2.83. The van der Waals surface area contributed by atoms with Crippen LogP contribution in [0.15, 0.2) is 18.0 Å². The van der Waals surface area contributed by atoms with E-state index in [0.29, 0.717) is 12.3 Å². The van der Waals surface area contributed by atoms with E-state index in [9.17, 15) is 4.79 Å². The van der Waals surface area contributed by atoms with Crippen LogP contribution in [0.4, 0.5) is 0 Å². The molecule has 86 valence electrons. The van der Waals surface area contributed by atoms with Crippen LogP contribution in [0.3, 0.4) is 0 Å². The summed E-state index contributed by atoms with van der Waals surface area (Å²) in [6, 6.07) is 0.0856. The third-order valence-corrected chi connectivity index (χ3v) is 3.85. The van der Waals surface area contributed by atoms with Crippen molar-refractivity contribution in [1.29, 1.82) is 0 Å². The van der Waals surface area contributed by atoms with Gasteiger partial charge >= 0.3 is 0 Å². The largest absolute Gasteiger partial charge is 0.334 e. The second-order valence-corrected chi connectivity index (χ2v) is 5.28. The van der Waals surface area contributed by atoms with Crippen molar-refractivity contribution < 1.29 is 4.79 Å². The van der Waals surface area contributed by atoms with Gasteiger partial charge in [-0.25, -0.2) is 4.98 Å². The number of amides is 1. The number of aryl methyl sites for hydroxylation is 1. The van der Waals surface area contributed by atoms with Gasteiger partial charge in [0.1, 0.15) is 0 Å². The highest BCUT2D eigenvalue weighted by Gasteiger charge is 2.32. The minimum absolute atomic E-state index is 0.0856. The monoisotopic (exact) mass is 236 g/mol. The van der Waals surface area contributed by atoms with Gasteiger partial charge in [-0.2, -0.15) is 0 Å². The van der Waals surface area contributed by atoms with Crippen LogP contribution >= 0.6 is 11.3 Å². The summed E-state index contributed by atoms with van der Waals surface area (Å²) in [4.78, 5) is 18.2. The number of carbonyl (C=O) groups is 1. The smallest absolute Gasteiger partial charge is 0.223 e. The molecule has 0 radical (unpaired) electrons. The summed E-state index contributed by atoms with van der Waals surface area (Å²) in [7, 11) is 0. The molecular weight excluding hydrogens is 220 g/mol. The summed E-state index contributed by atoms with van der Waals surface area (Å²) in [5.41, 5.74) is 1.00. The Morgan fingerprint density at radius 3 is 3.00 bits per heavy atom. The van der Waals surface area contributed by atoms with Crippen molar-refractivity contribution in [1.82, 2.24) is 9.88 Å². The lowest BCUT2D eigenvalue weighted by molar-refractivity contribution is -0.129. The Morgan fingerprint density at radius 2 is 2.50 bits per heavy atom. The van der Waals surface area contributed by atoms with Crippen molar-refractivity contribution in [3.63, 3.8) is 0 Å². The highest BCUT2D eigenvalue weighted by molar-refractivity contribution is 7.09. The molecule has 1 aliphatic rings. The summed E-state index contributed by atoms with van der Waals surface area (Å²) in [5.74, 6) is 0.512.